The number of nitriles is 1. The average Bonchev–Trinajstić information content (AvgIpc) is 3.10. The molecule has 0 N–H and O–H groups in total. The highest BCUT2D eigenvalue weighted by Gasteiger charge is 2.28. The normalized spacial score (nSPS) is 14.5. The van der Waals surface area contributed by atoms with Crippen molar-refractivity contribution >= 4 is 0 Å². The highest BCUT2D eigenvalue weighted by Crippen LogP contribution is 2.47. The van der Waals surface area contributed by atoms with E-state index in [9.17, 15) is 0 Å². The first kappa shape index (κ1) is 9.85. The van der Waals surface area contributed by atoms with Gasteiger partial charge < -0.3 is 9.47 Å². The monoisotopic (exact) mass is 203 g/mol. The Hall–Kier alpha value is -1.69. The maximum absolute atomic E-state index is 8.90. The van der Waals surface area contributed by atoms with E-state index >= 15 is 0 Å². The van der Waals surface area contributed by atoms with Gasteiger partial charge in [-0.25, -0.2) is 0 Å². The predicted molar refractivity (Wildman–Crippen MR) is 56.2 cm³/mol. The highest BCUT2D eigenvalue weighted by atomic mass is 16.5. The van der Waals surface area contributed by atoms with Gasteiger partial charge in [0.25, 0.3) is 0 Å². The lowest BCUT2D eigenvalue weighted by Crippen LogP contribution is -1.96. The second kappa shape index (κ2) is 3.82. The van der Waals surface area contributed by atoms with E-state index in [1.807, 2.05) is 6.07 Å². The smallest absolute Gasteiger partial charge is 0.164 e. The first-order valence-corrected chi connectivity index (χ1v) is 4.96. The summed E-state index contributed by atoms with van der Waals surface area (Å²) >= 11 is 0. The fraction of sp³-hybridized carbons (Fsp3) is 0.417. The number of rotatable bonds is 3. The van der Waals surface area contributed by atoms with Gasteiger partial charge in [0.2, 0.25) is 0 Å². The van der Waals surface area contributed by atoms with E-state index in [1.165, 1.54) is 12.8 Å². The summed E-state index contributed by atoms with van der Waals surface area (Å²) in [6.45, 7) is 0. The molecule has 0 radical (unpaired) electrons. The van der Waals surface area contributed by atoms with E-state index in [1.54, 1.807) is 20.3 Å². The predicted octanol–water partition coefficient (Wildman–Crippen LogP) is 2.45. The second-order valence-corrected chi connectivity index (χ2v) is 3.69. The quantitative estimate of drug-likeness (QED) is 0.757. The van der Waals surface area contributed by atoms with Crippen molar-refractivity contribution in [2.24, 2.45) is 0 Å². The van der Waals surface area contributed by atoms with Crippen molar-refractivity contribution in [3.63, 3.8) is 0 Å². The lowest BCUT2D eigenvalue weighted by atomic mass is 10.1. The molecule has 78 valence electrons. The van der Waals surface area contributed by atoms with Gasteiger partial charge in [0.05, 0.1) is 25.9 Å². The summed E-state index contributed by atoms with van der Waals surface area (Å²) in [4.78, 5) is 0. The molecule has 2 rings (SSSR count). The molecule has 0 saturated heterocycles. The van der Waals surface area contributed by atoms with Crippen LogP contribution in [0.4, 0.5) is 0 Å². The summed E-state index contributed by atoms with van der Waals surface area (Å²) in [6.07, 6.45) is 2.35. The standard InChI is InChI=1S/C12H13NO2/c1-14-11-6-8(7-13)5-10(9-3-4-9)12(11)15-2/h5-6,9H,3-4H2,1-2H3. The molecule has 15 heavy (non-hydrogen) atoms. The molecule has 0 bridgehead atoms. The minimum Gasteiger partial charge on any atom is -0.493 e. The van der Waals surface area contributed by atoms with Gasteiger partial charge in [0.1, 0.15) is 0 Å². The zero-order valence-electron chi connectivity index (χ0n) is 8.91. The largest absolute Gasteiger partial charge is 0.493 e. The van der Waals surface area contributed by atoms with E-state index in [-0.39, 0.29) is 0 Å². The van der Waals surface area contributed by atoms with Crippen molar-refractivity contribution < 1.29 is 9.47 Å². The lowest BCUT2D eigenvalue weighted by molar-refractivity contribution is 0.351. The van der Waals surface area contributed by atoms with Crippen LogP contribution in [0.3, 0.4) is 0 Å². The number of ether oxygens (including phenoxy) is 2. The van der Waals surface area contributed by atoms with E-state index in [0.717, 1.165) is 11.3 Å². The number of hydrogen-bond donors (Lipinski definition) is 0. The first-order chi connectivity index (χ1) is 7.30. The van der Waals surface area contributed by atoms with Crippen LogP contribution in [0.15, 0.2) is 12.1 Å². The van der Waals surface area contributed by atoms with Crippen molar-refractivity contribution in [1.82, 2.24) is 0 Å². The van der Waals surface area contributed by atoms with Gasteiger partial charge in [-0.1, -0.05) is 0 Å². The van der Waals surface area contributed by atoms with Crippen molar-refractivity contribution in [2.75, 3.05) is 14.2 Å². The maximum atomic E-state index is 8.90. The molecule has 0 unspecified atom stereocenters. The first-order valence-electron chi connectivity index (χ1n) is 4.96. The third-order valence-electron chi connectivity index (χ3n) is 2.65. The maximum Gasteiger partial charge on any atom is 0.164 e. The highest BCUT2D eigenvalue weighted by molar-refractivity contribution is 5.54. The third kappa shape index (κ3) is 1.75. The Morgan fingerprint density at radius 2 is 2.00 bits per heavy atom. The fourth-order valence-corrected chi connectivity index (χ4v) is 1.76. The van der Waals surface area contributed by atoms with Crippen LogP contribution in [0.1, 0.15) is 29.9 Å². The van der Waals surface area contributed by atoms with Gasteiger partial charge in [-0.15, -0.1) is 0 Å². The summed E-state index contributed by atoms with van der Waals surface area (Å²) < 4.78 is 10.6. The summed E-state index contributed by atoms with van der Waals surface area (Å²) in [5.41, 5.74) is 1.74. The molecule has 1 aromatic carbocycles. The zero-order chi connectivity index (χ0) is 10.8. The van der Waals surface area contributed by atoms with Gasteiger partial charge >= 0.3 is 0 Å². The molecule has 1 saturated carbocycles. The zero-order valence-corrected chi connectivity index (χ0v) is 8.91. The molecule has 0 aromatic heterocycles. The van der Waals surface area contributed by atoms with Crippen LogP contribution in [-0.2, 0) is 0 Å². The van der Waals surface area contributed by atoms with Crippen LogP contribution in [0.25, 0.3) is 0 Å². The molecule has 0 heterocycles. The molecule has 0 spiro atoms. The third-order valence-corrected chi connectivity index (χ3v) is 2.65. The van der Waals surface area contributed by atoms with Crippen LogP contribution >= 0.6 is 0 Å². The number of hydrogen-bond acceptors (Lipinski definition) is 3. The Morgan fingerprint density at radius 1 is 1.27 bits per heavy atom. The Morgan fingerprint density at radius 3 is 2.47 bits per heavy atom. The van der Waals surface area contributed by atoms with Crippen molar-refractivity contribution in [3.05, 3.63) is 23.3 Å². The molecule has 1 fully saturated rings. The van der Waals surface area contributed by atoms with Gasteiger partial charge in [0, 0.05) is 11.6 Å². The average molecular weight is 203 g/mol. The summed E-state index contributed by atoms with van der Waals surface area (Å²) in [7, 11) is 3.23. The Kier molecular flexibility index (Phi) is 2.51. The van der Waals surface area contributed by atoms with Crippen LogP contribution in [0, 0.1) is 11.3 Å². The minimum absolute atomic E-state index is 0.544. The molecule has 0 aliphatic heterocycles. The number of nitrogens with zero attached hydrogens (tertiary/aromatic N) is 1. The van der Waals surface area contributed by atoms with E-state index in [4.69, 9.17) is 14.7 Å². The van der Waals surface area contributed by atoms with Gasteiger partial charge in [-0.2, -0.15) is 5.26 Å². The molecular weight excluding hydrogens is 190 g/mol. The van der Waals surface area contributed by atoms with Crippen LogP contribution in [0.5, 0.6) is 11.5 Å². The van der Waals surface area contributed by atoms with Gasteiger partial charge in [0.15, 0.2) is 11.5 Å². The van der Waals surface area contributed by atoms with Gasteiger partial charge in [-0.05, 0) is 24.8 Å². The summed E-state index contributed by atoms with van der Waals surface area (Å²) in [5, 5.41) is 8.90. The molecule has 3 heteroatoms. The molecule has 1 aliphatic carbocycles. The number of methoxy groups -OCH3 is 2. The molecule has 3 nitrogen and oxygen atoms in total. The Labute approximate surface area is 89.2 Å². The van der Waals surface area contributed by atoms with E-state index < -0.39 is 0 Å². The fourth-order valence-electron chi connectivity index (χ4n) is 1.76. The molecule has 1 aliphatic rings. The van der Waals surface area contributed by atoms with Crippen molar-refractivity contribution in [2.45, 2.75) is 18.8 Å². The van der Waals surface area contributed by atoms with E-state index in [2.05, 4.69) is 6.07 Å². The SMILES string of the molecule is COc1cc(C#N)cc(C2CC2)c1OC. The molecule has 0 amide bonds. The number of benzene rings is 1. The van der Waals surface area contributed by atoms with Crippen LogP contribution in [-0.4, -0.2) is 14.2 Å². The summed E-state index contributed by atoms with van der Waals surface area (Å²) in [5.74, 6) is 1.97. The second-order valence-electron chi connectivity index (χ2n) is 3.69. The van der Waals surface area contributed by atoms with Gasteiger partial charge in [-0.3, -0.25) is 0 Å². The van der Waals surface area contributed by atoms with Crippen molar-refractivity contribution in [3.8, 4) is 17.6 Å². The Balaban J connectivity index is 2.54. The van der Waals surface area contributed by atoms with E-state index in [0.29, 0.717) is 17.2 Å². The molecular formula is C12H13NO2. The molecule has 1 aromatic rings. The van der Waals surface area contributed by atoms with Crippen LogP contribution < -0.4 is 9.47 Å². The Bertz CT molecular complexity index is 416. The summed E-state index contributed by atoms with van der Waals surface area (Å²) in [6, 6.07) is 5.76. The topological polar surface area (TPSA) is 42.2 Å². The van der Waals surface area contributed by atoms with Crippen molar-refractivity contribution in [1.29, 1.82) is 5.26 Å². The molecule has 0 atom stereocenters. The lowest BCUT2D eigenvalue weighted by Gasteiger charge is -2.12. The minimum atomic E-state index is 0.544. The van der Waals surface area contributed by atoms with Crippen LogP contribution in [0.2, 0.25) is 0 Å².